The second-order valence-electron chi connectivity index (χ2n) is 9.79. The fourth-order valence-corrected chi connectivity index (χ4v) is 6.25. The van der Waals surface area contributed by atoms with Crippen molar-refractivity contribution < 1.29 is 9.47 Å². The summed E-state index contributed by atoms with van der Waals surface area (Å²) >= 11 is 0. The molecule has 0 aliphatic heterocycles. The van der Waals surface area contributed by atoms with Crippen molar-refractivity contribution in [2.45, 2.75) is 83.7 Å². The fraction of sp³-hybridized carbons (Fsp3) is 0.704. The number of hydrogen-bond acceptors (Lipinski definition) is 2. The summed E-state index contributed by atoms with van der Waals surface area (Å²) in [6.07, 6.45) is 16.9. The van der Waals surface area contributed by atoms with Crippen molar-refractivity contribution >= 4 is 0 Å². The third-order valence-electron chi connectivity index (χ3n) is 7.93. The molecule has 0 aromatic heterocycles. The van der Waals surface area contributed by atoms with Crippen molar-refractivity contribution in [2.24, 2.45) is 23.7 Å². The molecule has 3 unspecified atom stereocenters. The maximum atomic E-state index is 5.98. The van der Waals surface area contributed by atoms with Gasteiger partial charge < -0.3 is 9.47 Å². The Labute approximate surface area is 178 Å². The molecule has 3 aliphatic rings. The maximum Gasteiger partial charge on any atom is 0.119 e. The van der Waals surface area contributed by atoms with Crippen molar-refractivity contribution in [2.75, 3.05) is 13.2 Å². The van der Waals surface area contributed by atoms with Gasteiger partial charge in [0.2, 0.25) is 0 Å². The Morgan fingerprint density at radius 2 is 1.76 bits per heavy atom. The van der Waals surface area contributed by atoms with E-state index in [9.17, 15) is 0 Å². The number of unbranched alkanes of at least 4 members (excludes halogenated alkanes) is 1. The number of benzene rings is 1. The zero-order valence-corrected chi connectivity index (χ0v) is 18.4. The minimum atomic E-state index is 0.487. The van der Waals surface area contributed by atoms with Crippen LogP contribution < -0.4 is 4.74 Å². The van der Waals surface area contributed by atoms with Crippen molar-refractivity contribution in [3.05, 3.63) is 42.0 Å². The molecule has 2 saturated carbocycles. The van der Waals surface area contributed by atoms with Gasteiger partial charge in [-0.3, -0.25) is 0 Å². The first-order chi connectivity index (χ1) is 14.3. The van der Waals surface area contributed by atoms with Gasteiger partial charge in [-0.15, -0.1) is 6.58 Å². The predicted octanol–water partition coefficient (Wildman–Crippen LogP) is 6.76. The lowest BCUT2D eigenvalue weighted by Gasteiger charge is -2.44. The topological polar surface area (TPSA) is 18.5 Å². The van der Waals surface area contributed by atoms with Crippen LogP contribution in [0.3, 0.4) is 0 Å². The molecule has 0 heterocycles. The van der Waals surface area contributed by atoms with Gasteiger partial charge in [0, 0.05) is 0 Å². The van der Waals surface area contributed by atoms with Gasteiger partial charge in [0.15, 0.2) is 0 Å². The van der Waals surface area contributed by atoms with Gasteiger partial charge in [-0.05, 0) is 111 Å². The Morgan fingerprint density at radius 3 is 2.59 bits per heavy atom. The molecule has 0 bridgehead atoms. The minimum absolute atomic E-state index is 0.487. The van der Waals surface area contributed by atoms with Crippen LogP contribution in [0.25, 0.3) is 0 Å². The first-order valence-corrected chi connectivity index (χ1v) is 12.2. The highest BCUT2D eigenvalue weighted by atomic mass is 16.5. The number of aryl methyl sites for hydroxylation is 1. The van der Waals surface area contributed by atoms with Crippen LogP contribution in [0.1, 0.15) is 75.8 Å². The van der Waals surface area contributed by atoms with Crippen LogP contribution >= 0.6 is 0 Å². The summed E-state index contributed by atoms with van der Waals surface area (Å²) in [6, 6.07) is 6.89. The van der Waals surface area contributed by atoms with Crippen LogP contribution in [0, 0.1) is 23.7 Å². The monoisotopic (exact) mass is 396 g/mol. The largest absolute Gasteiger partial charge is 0.494 e. The van der Waals surface area contributed by atoms with Gasteiger partial charge in [-0.1, -0.05) is 25.5 Å². The molecule has 3 aliphatic carbocycles. The summed E-state index contributed by atoms with van der Waals surface area (Å²) in [6.45, 7) is 7.58. The number of fused-ring (bicyclic) bond motifs is 2. The summed E-state index contributed by atoms with van der Waals surface area (Å²) in [5.41, 5.74) is 3.14. The van der Waals surface area contributed by atoms with Crippen LogP contribution in [0.15, 0.2) is 30.9 Å². The zero-order chi connectivity index (χ0) is 20.1. The van der Waals surface area contributed by atoms with E-state index in [-0.39, 0.29) is 0 Å². The van der Waals surface area contributed by atoms with Gasteiger partial charge in [0.05, 0.1) is 19.3 Å². The average Bonchev–Trinajstić information content (AvgIpc) is 2.77. The normalized spacial score (nSPS) is 31.6. The Morgan fingerprint density at radius 1 is 0.966 bits per heavy atom. The molecule has 2 nitrogen and oxygen atoms in total. The fourth-order valence-electron chi connectivity index (χ4n) is 6.25. The van der Waals surface area contributed by atoms with Crippen molar-refractivity contribution in [1.82, 2.24) is 0 Å². The Bertz CT molecular complexity index is 667. The minimum Gasteiger partial charge on any atom is -0.494 e. The van der Waals surface area contributed by atoms with Crippen LogP contribution in [0.5, 0.6) is 5.75 Å². The molecule has 4 rings (SSSR count). The van der Waals surface area contributed by atoms with E-state index in [0.717, 1.165) is 49.1 Å². The van der Waals surface area contributed by atoms with E-state index in [1.54, 1.807) is 11.1 Å². The first kappa shape index (κ1) is 21.0. The quantitative estimate of drug-likeness (QED) is 0.357. The number of hydrogen-bond donors (Lipinski definition) is 0. The molecule has 1 aromatic rings. The summed E-state index contributed by atoms with van der Waals surface area (Å²) in [5.74, 6) is 4.77. The molecule has 5 atom stereocenters. The molecule has 29 heavy (non-hydrogen) atoms. The SMILES string of the molecule is C=CCO[C@@H]1CC[C@@H]2CC(C3CCc4cc(OCCCC)ccc4C3)CCC2C1. The van der Waals surface area contributed by atoms with Crippen LogP contribution in [-0.4, -0.2) is 19.3 Å². The Balaban J connectivity index is 1.30. The zero-order valence-electron chi connectivity index (χ0n) is 18.4. The van der Waals surface area contributed by atoms with Gasteiger partial charge in [-0.25, -0.2) is 0 Å². The summed E-state index contributed by atoms with van der Waals surface area (Å²) < 4.78 is 11.9. The standard InChI is InChI=1S/C27H40O2/c1-3-5-15-29-27-13-11-23-17-21(7-9-25(23)19-27)20-6-8-24-18-26(28-14-4-2)12-10-22(24)16-20/h4,11,13,19-22,24,26H,2-3,5-10,12,14-18H2,1H3/t20?,21?,22-,24?,26-/m1/s1. The lowest BCUT2D eigenvalue weighted by Crippen LogP contribution is -2.37. The Hall–Kier alpha value is -1.28. The Kier molecular flexibility index (Phi) is 7.34. The highest BCUT2D eigenvalue weighted by Gasteiger charge is 2.38. The van der Waals surface area contributed by atoms with Crippen LogP contribution in [0.4, 0.5) is 0 Å². The van der Waals surface area contributed by atoms with E-state index < -0.39 is 0 Å². The van der Waals surface area contributed by atoms with E-state index in [2.05, 4.69) is 31.7 Å². The highest BCUT2D eigenvalue weighted by Crippen LogP contribution is 2.47. The lowest BCUT2D eigenvalue weighted by atomic mass is 9.62. The predicted molar refractivity (Wildman–Crippen MR) is 120 cm³/mol. The molecular formula is C27H40O2. The molecule has 0 spiro atoms. The molecule has 0 saturated heterocycles. The third kappa shape index (κ3) is 5.26. The molecule has 0 N–H and O–H groups in total. The molecule has 2 heteroatoms. The van der Waals surface area contributed by atoms with Gasteiger partial charge in [-0.2, -0.15) is 0 Å². The molecule has 160 valence electrons. The number of ether oxygens (including phenoxy) is 2. The molecule has 1 aromatic carbocycles. The van der Waals surface area contributed by atoms with E-state index in [1.165, 1.54) is 64.2 Å². The molecule has 0 amide bonds. The van der Waals surface area contributed by atoms with E-state index in [4.69, 9.17) is 9.47 Å². The summed E-state index contributed by atoms with van der Waals surface area (Å²) in [7, 11) is 0. The van der Waals surface area contributed by atoms with Crippen molar-refractivity contribution in [1.29, 1.82) is 0 Å². The third-order valence-corrected chi connectivity index (χ3v) is 7.93. The van der Waals surface area contributed by atoms with E-state index in [0.29, 0.717) is 6.10 Å². The highest BCUT2D eigenvalue weighted by molar-refractivity contribution is 5.37. The lowest BCUT2D eigenvalue weighted by molar-refractivity contribution is -0.0137. The van der Waals surface area contributed by atoms with Gasteiger partial charge in [0.25, 0.3) is 0 Å². The van der Waals surface area contributed by atoms with E-state index >= 15 is 0 Å². The molecular weight excluding hydrogens is 356 g/mol. The average molecular weight is 397 g/mol. The van der Waals surface area contributed by atoms with Crippen LogP contribution in [0.2, 0.25) is 0 Å². The first-order valence-electron chi connectivity index (χ1n) is 12.2. The number of rotatable bonds is 8. The molecule has 2 fully saturated rings. The van der Waals surface area contributed by atoms with Crippen LogP contribution in [-0.2, 0) is 17.6 Å². The second kappa shape index (κ2) is 10.2. The van der Waals surface area contributed by atoms with Gasteiger partial charge in [0.1, 0.15) is 5.75 Å². The second-order valence-corrected chi connectivity index (χ2v) is 9.79. The van der Waals surface area contributed by atoms with E-state index in [1.807, 2.05) is 6.08 Å². The van der Waals surface area contributed by atoms with Crippen molar-refractivity contribution in [3.63, 3.8) is 0 Å². The van der Waals surface area contributed by atoms with Gasteiger partial charge >= 0.3 is 0 Å². The van der Waals surface area contributed by atoms with Crippen molar-refractivity contribution in [3.8, 4) is 5.75 Å². The smallest absolute Gasteiger partial charge is 0.119 e. The summed E-state index contributed by atoms with van der Waals surface area (Å²) in [5, 5.41) is 0. The maximum absolute atomic E-state index is 5.98. The summed E-state index contributed by atoms with van der Waals surface area (Å²) in [4.78, 5) is 0. The molecule has 0 radical (unpaired) electrons.